The lowest BCUT2D eigenvalue weighted by atomic mass is 10.1. The Balaban J connectivity index is 3.15. The molecule has 0 unspecified atom stereocenters. The van der Waals surface area contributed by atoms with E-state index >= 15 is 0 Å². The number of methoxy groups -OCH3 is 1. The summed E-state index contributed by atoms with van der Waals surface area (Å²) in [6, 6.07) is 1.33. The van der Waals surface area contributed by atoms with Gasteiger partial charge in [0.15, 0.2) is 0 Å². The average molecular weight is 324 g/mol. The molecule has 4 nitrogen and oxygen atoms in total. The van der Waals surface area contributed by atoms with Crippen molar-refractivity contribution < 1.29 is 23.0 Å². The van der Waals surface area contributed by atoms with E-state index in [2.05, 4.69) is 20.9 Å². The molecule has 0 aliphatic rings. The molecule has 0 saturated heterocycles. The van der Waals surface area contributed by atoms with E-state index in [0.29, 0.717) is 4.60 Å². The maximum absolute atomic E-state index is 13.0. The largest absolute Gasteiger partial charge is 0.496 e. The lowest BCUT2D eigenvalue weighted by molar-refractivity contribution is -0.142. The van der Waals surface area contributed by atoms with Crippen LogP contribution in [0.5, 0.6) is 5.75 Å². The first-order valence-corrected chi connectivity index (χ1v) is 5.96. The molecule has 0 amide bonds. The van der Waals surface area contributed by atoms with Gasteiger partial charge in [-0.05, 0) is 22.9 Å². The molecule has 1 aromatic heterocycles. The van der Waals surface area contributed by atoms with Crippen molar-refractivity contribution in [3.63, 3.8) is 0 Å². The number of alkyl halides is 2. The van der Waals surface area contributed by atoms with Crippen LogP contribution in [-0.4, -0.2) is 24.7 Å². The second-order valence-corrected chi connectivity index (χ2v) is 4.10. The van der Waals surface area contributed by atoms with Gasteiger partial charge in [0.2, 0.25) is 0 Å². The number of esters is 1. The molecule has 0 atom stereocenters. The fourth-order valence-electron chi connectivity index (χ4n) is 1.44. The first-order valence-electron chi connectivity index (χ1n) is 5.16. The summed E-state index contributed by atoms with van der Waals surface area (Å²) in [5, 5.41) is 0. The van der Waals surface area contributed by atoms with Crippen molar-refractivity contribution in [3.8, 4) is 5.75 Å². The Bertz CT molecular complexity index is 441. The third-order valence-electron chi connectivity index (χ3n) is 2.12. The third-order valence-corrected chi connectivity index (χ3v) is 2.53. The van der Waals surface area contributed by atoms with E-state index in [1.807, 2.05) is 0 Å². The van der Waals surface area contributed by atoms with Crippen molar-refractivity contribution in [2.24, 2.45) is 0 Å². The van der Waals surface area contributed by atoms with Crippen LogP contribution >= 0.6 is 15.9 Å². The molecule has 0 aromatic carbocycles. The second kappa shape index (κ2) is 6.63. The van der Waals surface area contributed by atoms with Gasteiger partial charge in [0.05, 0.1) is 31.4 Å². The van der Waals surface area contributed by atoms with Gasteiger partial charge in [0.1, 0.15) is 10.4 Å². The van der Waals surface area contributed by atoms with Crippen molar-refractivity contribution >= 4 is 21.9 Å². The maximum atomic E-state index is 13.0. The van der Waals surface area contributed by atoms with Crippen LogP contribution < -0.4 is 4.74 Å². The monoisotopic (exact) mass is 323 g/mol. The van der Waals surface area contributed by atoms with Crippen molar-refractivity contribution in [2.75, 3.05) is 13.7 Å². The average Bonchev–Trinajstić information content (AvgIpc) is 2.27. The fourth-order valence-corrected chi connectivity index (χ4v) is 1.86. The number of pyridine rings is 1. The normalized spacial score (nSPS) is 10.6. The van der Waals surface area contributed by atoms with E-state index in [4.69, 9.17) is 9.47 Å². The Hall–Kier alpha value is -1.24. The zero-order chi connectivity index (χ0) is 13.7. The van der Waals surface area contributed by atoms with E-state index in [-0.39, 0.29) is 30.0 Å². The number of rotatable bonds is 5. The molecule has 0 bridgehead atoms. The summed E-state index contributed by atoms with van der Waals surface area (Å²) >= 11 is 3.08. The molecule has 0 radical (unpaired) electrons. The van der Waals surface area contributed by atoms with Crippen LogP contribution in [0.25, 0.3) is 0 Å². The number of hydrogen-bond donors (Lipinski definition) is 0. The molecular weight excluding hydrogens is 312 g/mol. The zero-order valence-corrected chi connectivity index (χ0v) is 11.5. The predicted molar refractivity (Wildman–Crippen MR) is 63.8 cm³/mol. The highest BCUT2D eigenvalue weighted by atomic mass is 79.9. The summed E-state index contributed by atoms with van der Waals surface area (Å²) in [5.41, 5.74) is -0.427. The second-order valence-electron chi connectivity index (χ2n) is 3.29. The minimum Gasteiger partial charge on any atom is -0.496 e. The molecule has 1 aromatic rings. The van der Waals surface area contributed by atoms with Crippen molar-refractivity contribution in [1.29, 1.82) is 0 Å². The van der Waals surface area contributed by atoms with Crippen LogP contribution in [0.4, 0.5) is 8.78 Å². The lowest BCUT2D eigenvalue weighted by Gasteiger charge is -2.12. The lowest BCUT2D eigenvalue weighted by Crippen LogP contribution is -2.12. The molecule has 7 heteroatoms. The van der Waals surface area contributed by atoms with E-state index in [9.17, 15) is 13.6 Å². The Labute approximate surface area is 111 Å². The number of carbonyl (C=O) groups excluding carboxylic acids is 1. The number of halogens is 3. The Morgan fingerprint density at radius 3 is 2.72 bits per heavy atom. The number of carbonyl (C=O) groups is 1. The summed E-state index contributed by atoms with van der Waals surface area (Å²) in [7, 11) is 1.28. The van der Waals surface area contributed by atoms with E-state index in [0.717, 1.165) is 0 Å². The van der Waals surface area contributed by atoms with Gasteiger partial charge in [-0.1, -0.05) is 0 Å². The standard InChI is InChI=1S/C11H12BrF2NO3/c1-3-18-9(16)4-6-10(11(13)14)7(17-2)5-8(12)15-6/h5,11H,3-4H2,1-2H3. The molecule has 100 valence electrons. The van der Waals surface area contributed by atoms with E-state index in [1.54, 1.807) is 6.92 Å². The fraction of sp³-hybridized carbons (Fsp3) is 0.455. The topological polar surface area (TPSA) is 48.4 Å². The van der Waals surface area contributed by atoms with Crippen molar-refractivity contribution in [1.82, 2.24) is 4.98 Å². The molecular formula is C11H12BrF2NO3. The molecule has 0 aliphatic heterocycles. The minimum atomic E-state index is -2.77. The summed E-state index contributed by atoms with van der Waals surface area (Å²) < 4.78 is 35.8. The quantitative estimate of drug-likeness (QED) is 0.617. The Morgan fingerprint density at radius 2 is 2.22 bits per heavy atom. The van der Waals surface area contributed by atoms with Crippen LogP contribution in [0.3, 0.4) is 0 Å². The van der Waals surface area contributed by atoms with E-state index in [1.165, 1.54) is 13.2 Å². The van der Waals surface area contributed by atoms with Gasteiger partial charge in [-0.3, -0.25) is 4.79 Å². The summed E-state index contributed by atoms with van der Waals surface area (Å²) in [5.74, 6) is -0.613. The molecule has 1 rings (SSSR count). The first kappa shape index (κ1) is 14.8. The van der Waals surface area contributed by atoms with Gasteiger partial charge in [-0.2, -0.15) is 0 Å². The van der Waals surface area contributed by atoms with Crippen molar-refractivity contribution in [2.45, 2.75) is 19.8 Å². The first-order chi connectivity index (χ1) is 8.49. The smallest absolute Gasteiger partial charge is 0.311 e. The van der Waals surface area contributed by atoms with Crippen molar-refractivity contribution in [3.05, 3.63) is 21.9 Å². The summed E-state index contributed by atoms with van der Waals surface area (Å²) in [6.45, 7) is 1.83. The van der Waals surface area contributed by atoms with Crippen LogP contribution in [0.1, 0.15) is 24.6 Å². The van der Waals surface area contributed by atoms with Crippen LogP contribution in [0, 0.1) is 0 Å². The molecule has 0 saturated carbocycles. The highest BCUT2D eigenvalue weighted by Gasteiger charge is 2.23. The zero-order valence-electron chi connectivity index (χ0n) is 9.87. The molecule has 0 N–H and O–H groups in total. The highest BCUT2D eigenvalue weighted by Crippen LogP contribution is 2.33. The molecule has 18 heavy (non-hydrogen) atoms. The van der Waals surface area contributed by atoms with Gasteiger partial charge in [0.25, 0.3) is 6.43 Å². The molecule has 1 heterocycles. The minimum absolute atomic E-state index is 0.00817. The number of hydrogen-bond acceptors (Lipinski definition) is 4. The highest BCUT2D eigenvalue weighted by molar-refractivity contribution is 9.10. The van der Waals surface area contributed by atoms with Crippen LogP contribution in [0.15, 0.2) is 10.7 Å². The SMILES string of the molecule is CCOC(=O)Cc1nc(Br)cc(OC)c1C(F)F. The molecule has 0 aliphatic carbocycles. The summed E-state index contributed by atoms with van der Waals surface area (Å²) in [6.07, 6.45) is -3.09. The van der Waals surface area contributed by atoms with Crippen LogP contribution in [-0.2, 0) is 16.0 Å². The van der Waals surface area contributed by atoms with Gasteiger partial charge in [0, 0.05) is 6.07 Å². The van der Waals surface area contributed by atoms with Crippen LogP contribution in [0.2, 0.25) is 0 Å². The summed E-state index contributed by atoms with van der Waals surface area (Å²) in [4.78, 5) is 15.2. The predicted octanol–water partition coefficient (Wildman–Crippen LogP) is 2.90. The van der Waals surface area contributed by atoms with Gasteiger partial charge in [-0.15, -0.1) is 0 Å². The van der Waals surface area contributed by atoms with Gasteiger partial charge in [-0.25, -0.2) is 13.8 Å². The van der Waals surface area contributed by atoms with Gasteiger partial charge < -0.3 is 9.47 Å². The number of ether oxygens (including phenoxy) is 2. The number of nitrogens with zero attached hydrogens (tertiary/aromatic N) is 1. The third kappa shape index (κ3) is 3.63. The number of aromatic nitrogens is 1. The maximum Gasteiger partial charge on any atom is 0.311 e. The van der Waals surface area contributed by atoms with E-state index < -0.39 is 12.4 Å². The Morgan fingerprint density at radius 1 is 1.56 bits per heavy atom. The molecule has 0 spiro atoms. The van der Waals surface area contributed by atoms with Gasteiger partial charge >= 0.3 is 5.97 Å². The molecule has 0 fully saturated rings. The Kier molecular flexibility index (Phi) is 5.46.